The third-order valence-corrected chi connectivity index (χ3v) is 4.90. The van der Waals surface area contributed by atoms with Gasteiger partial charge in [-0.05, 0) is 25.0 Å². The molecule has 0 aliphatic carbocycles. The van der Waals surface area contributed by atoms with Gasteiger partial charge in [-0.3, -0.25) is 9.59 Å². The molecule has 1 heterocycles. The van der Waals surface area contributed by atoms with Gasteiger partial charge in [0.15, 0.2) is 0 Å². The molecule has 0 spiro atoms. The highest BCUT2D eigenvalue weighted by Gasteiger charge is 2.21. The molecule has 0 radical (unpaired) electrons. The number of benzene rings is 1. The van der Waals surface area contributed by atoms with Crippen LogP contribution in [-0.2, 0) is 14.3 Å². The summed E-state index contributed by atoms with van der Waals surface area (Å²) in [5.74, 6) is 0.0869. The Hall–Kier alpha value is -2.08. The van der Waals surface area contributed by atoms with Crippen molar-refractivity contribution in [3.8, 4) is 0 Å². The maximum absolute atomic E-state index is 12.3. The topological polar surface area (TPSA) is 61.9 Å². The molecule has 26 heavy (non-hydrogen) atoms. The van der Waals surface area contributed by atoms with Crippen molar-refractivity contribution in [1.82, 2.24) is 5.32 Å². The van der Waals surface area contributed by atoms with Crippen molar-refractivity contribution >= 4 is 23.2 Å². The first-order valence-electron chi connectivity index (χ1n) is 9.56. The standard InChI is InChI=1S/C20H31N3O3/c1-4-17(5-2)20(25)21-10-11-23(16(3)24)19-9-7-6-8-18(19)22-12-14-26-15-13-22/h6-9,17H,4-5,10-15H2,1-3H3,(H,21,25). The van der Waals surface area contributed by atoms with Crippen LogP contribution in [0.5, 0.6) is 0 Å². The van der Waals surface area contributed by atoms with Crippen LogP contribution in [0.15, 0.2) is 24.3 Å². The van der Waals surface area contributed by atoms with Gasteiger partial charge in [-0.1, -0.05) is 26.0 Å². The Bertz CT molecular complexity index is 596. The van der Waals surface area contributed by atoms with Gasteiger partial charge in [0.25, 0.3) is 0 Å². The lowest BCUT2D eigenvalue weighted by atomic mass is 10.0. The van der Waals surface area contributed by atoms with Crippen molar-refractivity contribution in [1.29, 1.82) is 0 Å². The summed E-state index contributed by atoms with van der Waals surface area (Å²) in [5, 5.41) is 2.97. The van der Waals surface area contributed by atoms with E-state index in [0.717, 1.165) is 37.3 Å². The maximum atomic E-state index is 12.3. The molecule has 1 saturated heterocycles. The molecule has 6 heteroatoms. The van der Waals surface area contributed by atoms with E-state index in [0.29, 0.717) is 26.3 Å². The second-order valence-electron chi connectivity index (χ2n) is 6.56. The lowest BCUT2D eigenvalue weighted by molar-refractivity contribution is -0.125. The number of hydrogen-bond donors (Lipinski definition) is 1. The van der Waals surface area contributed by atoms with Gasteiger partial charge in [0, 0.05) is 39.0 Å². The summed E-state index contributed by atoms with van der Waals surface area (Å²) in [6.45, 7) is 9.54. The minimum Gasteiger partial charge on any atom is -0.378 e. The Balaban J connectivity index is 2.08. The van der Waals surface area contributed by atoms with Gasteiger partial charge >= 0.3 is 0 Å². The third kappa shape index (κ3) is 5.21. The lowest BCUT2D eigenvalue weighted by Gasteiger charge is -2.33. The van der Waals surface area contributed by atoms with E-state index in [1.165, 1.54) is 0 Å². The molecule has 1 aliphatic rings. The summed E-state index contributed by atoms with van der Waals surface area (Å²) in [7, 11) is 0. The Kier molecular flexibility index (Phi) is 7.91. The lowest BCUT2D eigenvalue weighted by Crippen LogP contribution is -2.41. The number of para-hydroxylation sites is 2. The molecule has 0 bridgehead atoms. The molecule has 0 unspecified atom stereocenters. The van der Waals surface area contributed by atoms with Crippen LogP contribution in [-0.4, -0.2) is 51.2 Å². The first-order chi connectivity index (χ1) is 12.6. The summed E-state index contributed by atoms with van der Waals surface area (Å²) in [5.41, 5.74) is 1.93. The summed E-state index contributed by atoms with van der Waals surface area (Å²) >= 11 is 0. The van der Waals surface area contributed by atoms with Crippen LogP contribution in [0, 0.1) is 5.92 Å². The van der Waals surface area contributed by atoms with E-state index in [2.05, 4.69) is 10.2 Å². The predicted molar refractivity (Wildman–Crippen MR) is 105 cm³/mol. The van der Waals surface area contributed by atoms with Crippen LogP contribution in [0.25, 0.3) is 0 Å². The molecular formula is C20H31N3O3. The smallest absolute Gasteiger partial charge is 0.223 e. The number of nitrogens with one attached hydrogen (secondary N) is 1. The molecule has 2 amide bonds. The quantitative estimate of drug-likeness (QED) is 0.772. The van der Waals surface area contributed by atoms with Crippen LogP contribution in [0.4, 0.5) is 11.4 Å². The number of hydrogen-bond acceptors (Lipinski definition) is 4. The minimum absolute atomic E-state index is 0.0255. The van der Waals surface area contributed by atoms with Gasteiger partial charge < -0.3 is 19.9 Å². The van der Waals surface area contributed by atoms with E-state index in [1.807, 2.05) is 38.1 Å². The van der Waals surface area contributed by atoms with Crippen LogP contribution >= 0.6 is 0 Å². The zero-order valence-electron chi connectivity index (χ0n) is 16.2. The Morgan fingerprint density at radius 2 is 1.85 bits per heavy atom. The van der Waals surface area contributed by atoms with E-state index in [-0.39, 0.29) is 17.7 Å². The largest absolute Gasteiger partial charge is 0.378 e. The number of amides is 2. The van der Waals surface area contributed by atoms with Gasteiger partial charge in [0.2, 0.25) is 11.8 Å². The fourth-order valence-corrected chi connectivity index (χ4v) is 3.31. The molecule has 2 rings (SSSR count). The van der Waals surface area contributed by atoms with Crippen LogP contribution in [0.1, 0.15) is 33.6 Å². The number of carbonyl (C=O) groups is 2. The van der Waals surface area contributed by atoms with Crippen molar-refractivity contribution in [2.75, 3.05) is 49.2 Å². The second kappa shape index (κ2) is 10.2. The first kappa shape index (κ1) is 20.2. The van der Waals surface area contributed by atoms with Gasteiger partial charge in [-0.15, -0.1) is 0 Å². The Labute approximate surface area is 156 Å². The molecule has 1 fully saturated rings. The van der Waals surface area contributed by atoms with E-state index in [9.17, 15) is 9.59 Å². The number of morpholine rings is 1. The monoisotopic (exact) mass is 361 g/mol. The zero-order chi connectivity index (χ0) is 18.9. The molecular weight excluding hydrogens is 330 g/mol. The summed E-state index contributed by atoms with van der Waals surface area (Å²) < 4.78 is 5.43. The van der Waals surface area contributed by atoms with Crippen LogP contribution in [0.3, 0.4) is 0 Å². The van der Waals surface area contributed by atoms with E-state index in [4.69, 9.17) is 4.74 Å². The summed E-state index contributed by atoms with van der Waals surface area (Å²) in [6.07, 6.45) is 1.66. The SMILES string of the molecule is CCC(CC)C(=O)NCCN(C(C)=O)c1ccccc1N1CCOCC1. The molecule has 1 aliphatic heterocycles. The van der Waals surface area contributed by atoms with Crippen LogP contribution in [0.2, 0.25) is 0 Å². The fraction of sp³-hybridized carbons (Fsp3) is 0.600. The molecule has 1 N–H and O–H groups in total. The number of ether oxygens (including phenoxy) is 1. The number of rotatable bonds is 8. The van der Waals surface area contributed by atoms with Crippen LogP contribution < -0.4 is 15.1 Å². The van der Waals surface area contributed by atoms with Crippen molar-refractivity contribution < 1.29 is 14.3 Å². The molecule has 144 valence electrons. The van der Waals surface area contributed by atoms with Gasteiger partial charge in [0.1, 0.15) is 0 Å². The van der Waals surface area contributed by atoms with E-state index < -0.39 is 0 Å². The molecule has 6 nitrogen and oxygen atoms in total. The number of nitrogens with zero attached hydrogens (tertiary/aromatic N) is 2. The van der Waals surface area contributed by atoms with Crippen molar-refractivity contribution in [2.45, 2.75) is 33.6 Å². The zero-order valence-corrected chi connectivity index (χ0v) is 16.2. The Morgan fingerprint density at radius 1 is 1.19 bits per heavy atom. The molecule has 0 aromatic heterocycles. The van der Waals surface area contributed by atoms with Gasteiger partial charge in [-0.2, -0.15) is 0 Å². The molecule has 1 aromatic carbocycles. The highest BCUT2D eigenvalue weighted by atomic mass is 16.5. The molecule has 0 atom stereocenters. The average molecular weight is 361 g/mol. The van der Waals surface area contributed by atoms with Gasteiger partial charge in [0.05, 0.1) is 24.6 Å². The van der Waals surface area contributed by atoms with Gasteiger partial charge in [-0.25, -0.2) is 0 Å². The predicted octanol–water partition coefficient (Wildman–Crippen LogP) is 2.43. The molecule has 0 saturated carbocycles. The normalized spacial score (nSPS) is 14.4. The fourth-order valence-electron chi connectivity index (χ4n) is 3.31. The van der Waals surface area contributed by atoms with Crippen molar-refractivity contribution in [3.63, 3.8) is 0 Å². The van der Waals surface area contributed by atoms with Crippen molar-refractivity contribution in [2.24, 2.45) is 5.92 Å². The highest BCUT2D eigenvalue weighted by Crippen LogP contribution is 2.29. The second-order valence-corrected chi connectivity index (χ2v) is 6.56. The summed E-state index contributed by atoms with van der Waals surface area (Å²) in [6, 6.07) is 7.94. The van der Waals surface area contributed by atoms with E-state index in [1.54, 1.807) is 11.8 Å². The highest BCUT2D eigenvalue weighted by molar-refractivity contribution is 5.95. The number of carbonyl (C=O) groups excluding carboxylic acids is 2. The summed E-state index contributed by atoms with van der Waals surface area (Å²) in [4.78, 5) is 28.4. The average Bonchev–Trinajstić information content (AvgIpc) is 2.66. The number of anilines is 2. The Morgan fingerprint density at radius 3 is 2.46 bits per heavy atom. The minimum atomic E-state index is -0.0255. The maximum Gasteiger partial charge on any atom is 0.223 e. The van der Waals surface area contributed by atoms with Crippen molar-refractivity contribution in [3.05, 3.63) is 24.3 Å². The first-order valence-corrected chi connectivity index (χ1v) is 9.56. The third-order valence-electron chi connectivity index (χ3n) is 4.90. The molecule has 1 aromatic rings. The van der Waals surface area contributed by atoms with E-state index >= 15 is 0 Å².